The van der Waals surface area contributed by atoms with Gasteiger partial charge in [-0.15, -0.1) is 0 Å². The third-order valence-corrected chi connectivity index (χ3v) is 3.80. The summed E-state index contributed by atoms with van der Waals surface area (Å²) in [6.07, 6.45) is 3.10. The molecule has 0 aliphatic carbocycles. The Labute approximate surface area is 125 Å². The highest BCUT2D eigenvalue weighted by Crippen LogP contribution is 2.15. The van der Waals surface area contributed by atoms with E-state index in [1.807, 2.05) is 39.4 Å². The second-order valence-electron chi connectivity index (χ2n) is 5.70. The summed E-state index contributed by atoms with van der Waals surface area (Å²) in [7, 11) is 1.93. The molecule has 0 amide bonds. The molecule has 0 fully saturated rings. The SMILES string of the molecule is Cc1nn(C)c(C)c1CCC(=O)Cc1ncnn1C(C)C. The van der Waals surface area contributed by atoms with E-state index in [9.17, 15) is 4.79 Å². The Bertz CT molecular complexity index is 639. The number of aryl methyl sites for hydroxylation is 2. The zero-order chi connectivity index (χ0) is 15.6. The Balaban J connectivity index is 1.98. The first-order valence-electron chi connectivity index (χ1n) is 7.29. The van der Waals surface area contributed by atoms with E-state index < -0.39 is 0 Å². The molecule has 6 heteroatoms. The maximum Gasteiger partial charge on any atom is 0.140 e. The van der Waals surface area contributed by atoms with Crippen molar-refractivity contribution in [1.82, 2.24) is 24.5 Å². The standard InChI is InChI=1S/C15H23N5O/c1-10(2)20-15(16-9-17-20)8-13(21)6-7-14-11(3)18-19(5)12(14)4/h9-10H,6-8H2,1-5H3. The van der Waals surface area contributed by atoms with Crippen LogP contribution in [-0.2, 0) is 24.7 Å². The van der Waals surface area contributed by atoms with Gasteiger partial charge in [0.15, 0.2) is 0 Å². The summed E-state index contributed by atoms with van der Waals surface area (Å²) >= 11 is 0. The lowest BCUT2D eigenvalue weighted by Crippen LogP contribution is -2.13. The summed E-state index contributed by atoms with van der Waals surface area (Å²) in [6, 6.07) is 0.220. The number of Topliss-reactive ketones (excluding diaryl/α,β-unsaturated/α-hetero) is 1. The number of hydrogen-bond acceptors (Lipinski definition) is 4. The average Bonchev–Trinajstić information content (AvgIpc) is 2.94. The van der Waals surface area contributed by atoms with Crippen molar-refractivity contribution in [3.05, 3.63) is 29.1 Å². The van der Waals surface area contributed by atoms with Gasteiger partial charge in [0.05, 0.1) is 12.1 Å². The summed E-state index contributed by atoms with van der Waals surface area (Å²) in [5.74, 6) is 0.933. The molecule has 0 saturated heterocycles. The molecule has 2 aromatic rings. The first-order valence-corrected chi connectivity index (χ1v) is 7.29. The van der Waals surface area contributed by atoms with Crippen LogP contribution in [0.1, 0.15) is 49.1 Å². The highest BCUT2D eigenvalue weighted by atomic mass is 16.1. The van der Waals surface area contributed by atoms with Crippen LogP contribution < -0.4 is 0 Å². The van der Waals surface area contributed by atoms with E-state index in [2.05, 4.69) is 15.2 Å². The predicted molar refractivity (Wildman–Crippen MR) is 80.1 cm³/mol. The smallest absolute Gasteiger partial charge is 0.140 e. The lowest BCUT2D eigenvalue weighted by Gasteiger charge is -2.08. The molecule has 0 bridgehead atoms. The van der Waals surface area contributed by atoms with E-state index in [0.29, 0.717) is 12.8 Å². The van der Waals surface area contributed by atoms with Crippen molar-refractivity contribution in [2.24, 2.45) is 7.05 Å². The fraction of sp³-hybridized carbons (Fsp3) is 0.600. The molecule has 2 rings (SSSR count). The Morgan fingerprint density at radius 3 is 2.62 bits per heavy atom. The van der Waals surface area contributed by atoms with Crippen LogP contribution in [0.25, 0.3) is 0 Å². The van der Waals surface area contributed by atoms with E-state index >= 15 is 0 Å². The third kappa shape index (κ3) is 3.37. The van der Waals surface area contributed by atoms with Crippen LogP contribution in [0.3, 0.4) is 0 Å². The van der Waals surface area contributed by atoms with Gasteiger partial charge < -0.3 is 0 Å². The molecule has 0 aliphatic heterocycles. The van der Waals surface area contributed by atoms with Crippen molar-refractivity contribution in [2.45, 2.75) is 53.0 Å². The molecule has 2 aromatic heterocycles. The molecule has 0 radical (unpaired) electrons. The van der Waals surface area contributed by atoms with Gasteiger partial charge in [-0.1, -0.05) is 0 Å². The van der Waals surface area contributed by atoms with Crippen LogP contribution >= 0.6 is 0 Å². The van der Waals surface area contributed by atoms with Gasteiger partial charge in [0, 0.05) is 25.2 Å². The minimum Gasteiger partial charge on any atom is -0.299 e. The topological polar surface area (TPSA) is 65.6 Å². The van der Waals surface area contributed by atoms with Gasteiger partial charge in [0.1, 0.15) is 17.9 Å². The van der Waals surface area contributed by atoms with Crippen LogP contribution in [-0.4, -0.2) is 30.3 Å². The van der Waals surface area contributed by atoms with Crippen molar-refractivity contribution >= 4 is 5.78 Å². The van der Waals surface area contributed by atoms with E-state index in [-0.39, 0.29) is 11.8 Å². The minimum absolute atomic E-state index is 0.188. The molecule has 6 nitrogen and oxygen atoms in total. The van der Waals surface area contributed by atoms with Crippen molar-refractivity contribution in [2.75, 3.05) is 0 Å². The average molecular weight is 289 g/mol. The lowest BCUT2D eigenvalue weighted by molar-refractivity contribution is -0.118. The highest BCUT2D eigenvalue weighted by Gasteiger charge is 2.15. The Hall–Kier alpha value is -1.98. The second-order valence-corrected chi connectivity index (χ2v) is 5.70. The van der Waals surface area contributed by atoms with Crippen molar-refractivity contribution < 1.29 is 4.79 Å². The summed E-state index contributed by atoms with van der Waals surface area (Å²) in [5, 5.41) is 8.54. The van der Waals surface area contributed by atoms with Gasteiger partial charge in [0.2, 0.25) is 0 Å². The van der Waals surface area contributed by atoms with Gasteiger partial charge in [-0.2, -0.15) is 10.2 Å². The quantitative estimate of drug-likeness (QED) is 0.815. The molecular weight excluding hydrogens is 266 g/mol. The summed E-state index contributed by atoms with van der Waals surface area (Å²) < 4.78 is 3.67. The summed E-state index contributed by atoms with van der Waals surface area (Å²) in [5.41, 5.74) is 3.31. The number of hydrogen-bond donors (Lipinski definition) is 0. The molecule has 0 atom stereocenters. The molecule has 0 saturated carbocycles. The van der Waals surface area contributed by atoms with Crippen LogP contribution in [0.4, 0.5) is 0 Å². The highest BCUT2D eigenvalue weighted by molar-refractivity contribution is 5.80. The van der Waals surface area contributed by atoms with Gasteiger partial charge in [-0.05, 0) is 39.7 Å². The lowest BCUT2D eigenvalue weighted by atomic mass is 10.0. The van der Waals surface area contributed by atoms with Crippen molar-refractivity contribution in [3.8, 4) is 0 Å². The maximum absolute atomic E-state index is 12.2. The zero-order valence-corrected chi connectivity index (χ0v) is 13.4. The number of rotatable bonds is 6. The second kappa shape index (κ2) is 6.20. The van der Waals surface area contributed by atoms with Crippen LogP contribution in [0.2, 0.25) is 0 Å². The van der Waals surface area contributed by atoms with Gasteiger partial charge in [0.25, 0.3) is 0 Å². The number of nitrogens with zero attached hydrogens (tertiary/aromatic N) is 5. The number of aromatic nitrogens is 5. The first kappa shape index (κ1) is 15.4. The largest absolute Gasteiger partial charge is 0.299 e. The fourth-order valence-electron chi connectivity index (χ4n) is 2.54. The molecular formula is C15H23N5O. The zero-order valence-electron chi connectivity index (χ0n) is 13.4. The summed E-state index contributed by atoms with van der Waals surface area (Å²) in [4.78, 5) is 16.4. The molecule has 21 heavy (non-hydrogen) atoms. The van der Waals surface area contributed by atoms with Crippen molar-refractivity contribution in [1.29, 1.82) is 0 Å². The van der Waals surface area contributed by atoms with Crippen molar-refractivity contribution in [3.63, 3.8) is 0 Å². The predicted octanol–water partition coefficient (Wildman–Crippen LogP) is 1.95. The van der Waals surface area contributed by atoms with E-state index in [1.54, 1.807) is 4.68 Å². The molecule has 0 aromatic carbocycles. The molecule has 0 aliphatic rings. The molecule has 0 N–H and O–H groups in total. The van der Waals surface area contributed by atoms with Crippen LogP contribution in [0, 0.1) is 13.8 Å². The Kier molecular flexibility index (Phi) is 4.55. The Morgan fingerprint density at radius 1 is 1.33 bits per heavy atom. The third-order valence-electron chi connectivity index (χ3n) is 3.80. The number of carbonyl (C=O) groups is 1. The summed E-state index contributed by atoms with van der Waals surface area (Å²) in [6.45, 7) is 8.09. The first-order chi connectivity index (χ1) is 9.90. The maximum atomic E-state index is 12.2. The van der Waals surface area contributed by atoms with E-state index in [0.717, 1.165) is 23.6 Å². The molecule has 0 unspecified atom stereocenters. The molecule has 114 valence electrons. The monoisotopic (exact) mass is 289 g/mol. The number of ketones is 1. The van der Waals surface area contributed by atoms with E-state index in [1.165, 1.54) is 11.9 Å². The van der Waals surface area contributed by atoms with E-state index in [4.69, 9.17) is 0 Å². The van der Waals surface area contributed by atoms with Crippen LogP contribution in [0.15, 0.2) is 6.33 Å². The minimum atomic E-state index is 0.188. The van der Waals surface area contributed by atoms with Gasteiger partial charge in [-0.3, -0.25) is 9.48 Å². The normalized spacial score (nSPS) is 11.3. The molecule has 0 spiro atoms. The van der Waals surface area contributed by atoms with Gasteiger partial charge in [-0.25, -0.2) is 9.67 Å². The molecule has 2 heterocycles. The Morgan fingerprint density at radius 2 is 2.05 bits per heavy atom. The van der Waals surface area contributed by atoms with Crippen LogP contribution in [0.5, 0.6) is 0 Å². The van der Waals surface area contributed by atoms with Gasteiger partial charge >= 0.3 is 0 Å². The number of carbonyl (C=O) groups excluding carboxylic acids is 1. The fourth-order valence-corrected chi connectivity index (χ4v) is 2.54.